The minimum absolute atomic E-state index is 0.754. The smallest absolute Gasteiger partial charge is 0.0466 e. The largest absolute Gasteiger partial charge is 0.401 e. The summed E-state index contributed by atoms with van der Waals surface area (Å²) in [6.45, 7) is 6.70. The van der Waals surface area contributed by atoms with Crippen molar-refractivity contribution in [2.75, 3.05) is 19.8 Å². The van der Waals surface area contributed by atoms with Crippen LogP contribution in [0.3, 0.4) is 0 Å². The Hall–Kier alpha value is -0.740. The molecule has 0 heterocycles. The Bertz CT molecular complexity index is 203. The molecule has 0 aliphatic rings. The van der Waals surface area contributed by atoms with Crippen molar-refractivity contribution in [3.63, 3.8) is 0 Å². The van der Waals surface area contributed by atoms with Crippen LogP contribution in [0.5, 0.6) is 0 Å². The van der Waals surface area contributed by atoms with Gasteiger partial charge in [0.2, 0.25) is 0 Å². The topological polar surface area (TPSA) is 64.5 Å². The summed E-state index contributed by atoms with van der Waals surface area (Å²) in [6.07, 6.45) is 10.3. The second kappa shape index (κ2) is 12.7. The highest BCUT2D eigenvalue weighted by molar-refractivity contribution is 4.89. The lowest BCUT2D eigenvalue weighted by Crippen LogP contribution is -2.27. The number of hydrazine groups is 1. The van der Waals surface area contributed by atoms with E-state index in [1.165, 1.54) is 32.1 Å². The van der Waals surface area contributed by atoms with Crippen LogP contribution in [-0.2, 0) is 4.74 Å². The lowest BCUT2D eigenvalue weighted by atomic mass is 10.1. The lowest BCUT2D eigenvalue weighted by molar-refractivity contribution is 0.130. The Balaban J connectivity index is 3.14. The fourth-order valence-corrected chi connectivity index (χ4v) is 1.78. The molecule has 0 rings (SSSR count). The number of allylic oxidation sites excluding steroid dienone is 1. The maximum atomic E-state index is 5.74. The highest BCUT2D eigenvalue weighted by Crippen LogP contribution is 2.06. The van der Waals surface area contributed by atoms with Gasteiger partial charge in [0.1, 0.15) is 0 Å². The summed E-state index contributed by atoms with van der Waals surface area (Å²) in [6, 6.07) is 0. The zero-order valence-electron chi connectivity index (χ0n) is 12.2. The van der Waals surface area contributed by atoms with Crippen LogP contribution in [0.2, 0.25) is 0 Å². The monoisotopic (exact) mass is 257 g/mol. The van der Waals surface area contributed by atoms with Gasteiger partial charge < -0.3 is 15.5 Å². The summed E-state index contributed by atoms with van der Waals surface area (Å²) in [5.41, 5.74) is 6.30. The minimum atomic E-state index is 0.754. The van der Waals surface area contributed by atoms with Crippen molar-refractivity contribution < 1.29 is 4.74 Å². The minimum Gasteiger partial charge on any atom is -0.401 e. The maximum Gasteiger partial charge on any atom is 0.0466 e. The SMILES string of the molecule is CCCOCCCCCCCCN(N)/C=C(/C)N. The predicted octanol–water partition coefficient (Wildman–Crippen LogP) is 2.75. The third-order valence-electron chi connectivity index (χ3n) is 2.67. The van der Waals surface area contributed by atoms with Crippen LogP contribution in [0, 0.1) is 0 Å². The molecule has 4 nitrogen and oxygen atoms in total. The first-order valence-corrected chi connectivity index (χ1v) is 7.19. The zero-order chi connectivity index (χ0) is 13.6. The number of hydrogen-bond acceptors (Lipinski definition) is 4. The molecule has 0 spiro atoms. The maximum absolute atomic E-state index is 5.74. The standard InChI is InChI=1S/C14H31N3O/c1-3-11-18-12-9-7-5-4-6-8-10-17(16)13-14(2)15/h13H,3-12,15-16H2,1-2H3/b14-13-. The number of rotatable bonds is 12. The molecule has 0 saturated heterocycles. The van der Waals surface area contributed by atoms with Gasteiger partial charge in [-0.05, 0) is 26.2 Å². The van der Waals surface area contributed by atoms with E-state index in [1.54, 1.807) is 11.2 Å². The van der Waals surface area contributed by atoms with Crippen molar-refractivity contribution >= 4 is 0 Å². The number of unbranched alkanes of at least 4 members (excludes halogenated alkanes) is 5. The highest BCUT2D eigenvalue weighted by atomic mass is 16.5. The van der Waals surface area contributed by atoms with E-state index < -0.39 is 0 Å². The Labute approximate surface area is 112 Å². The molecule has 0 saturated carbocycles. The van der Waals surface area contributed by atoms with Gasteiger partial charge in [0.25, 0.3) is 0 Å². The van der Waals surface area contributed by atoms with E-state index in [4.69, 9.17) is 16.3 Å². The fourth-order valence-electron chi connectivity index (χ4n) is 1.78. The third kappa shape index (κ3) is 13.3. The Kier molecular flexibility index (Phi) is 12.2. The summed E-state index contributed by atoms with van der Waals surface area (Å²) >= 11 is 0. The third-order valence-corrected chi connectivity index (χ3v) is 2.67. The highest BCUT2D eigenvalue weighted by Gasteiger charge is 1.95. The summed E-state index contributed by atoms with van der Waals surface area (Å²) < 4.78 is 5.44. The van der Waals surface area contributed by atoms with Crippen molar-refractivity contribution in [2.24, 2.45) is 11.6 Å². The molecule has 0 unspecified atom stereocenters. The van der Waals surface area contributed by atoms with Crippen LogP contribution >= 0.6 is 0 Å². The molecular formula is C14H31N3O. The Morgan fingerprint density at radius 3 is 2.28 bits per heavy atom. The fraction of sp³-hybridized carbons (Fsp3) is 0.857. The van der Waals surface area contributed by atoms with Gasteiger partial charge in [0.05, 0.1) is 0 Å². The molecule has 0 aromatic carbocycles. The first-order valence-electron chi connectivity index (χ1n) is 7.19. The van der Waals surface area contributed by atoms with Gasteiger partial charge in [-0.1, -0.05) is 32.6 Å². The molecular weight excluding hydrogens is 226 g/mol. The number of hydrogen-bond donors (Lipinski definition) is 2. The first-order chi connectivity index (χ1) is 8.66. The Morgan fingerprint density at radius 2 is 1.67 bits per heavy atom. The summed E-state index contributed by atoms with van der Waals surface area (Å²) in [7, 11) is 0. The second-order valence-electron chi connectivity index (χ2n) is 4.84. The molecule has 0 aliphatic carbocycles. The molecule has 0 fully saturated rings. The number of nitrogens with zero attached hydrogens (tertiary/aromatic N) is 1. The van der Waals surface area contributed by atoms with Crippen molar-refractivity contribution in [1.82, 2.24) is 5.01 Å². The van der Waals surface area contributed by atoms with E-state index in [2.05, 4.69) is 6.92 Å². The van der Waals surface area contributed by atoms with E-state index in [0.717, 1.165) is 38.3 Å². The van der Waals surface area contributed by atoms with Gasteiger partial charge >= 0.3 is 0 Å². The summed E-state index contributed by atoms with van der Waals surface area (Å²) in [5.74, 6) is 5.74. The second-order valence-corrected chi connectivity index (χ2v) is 4.84. The van der Waals surface area contributed by atoms with Crippen LogP contribution in [-0.4, -0.2) is 24.8 Å². The average molecular weight is 257 g/mol. The normalized spacial score (nSPS) is 11.8. The quantitative estimate of drug-likeness (QED) is 0.320. The van der Waals surface area contributed by atoms with Crippen molar-refractivity contribution in [2.45, 2.75) is 58.8 Å². The van der Waals surface area contributed by atoms with Crippen molar-refractivity contribution in [3.8, 4) is 0 Å². The zero-order valence-corrected chi connectivity index (χ0v) is 12.2. The van der Waals surface area contributed by atoms with E-state index in [9.17, 15) is 0 Å². The van der Waals surface area contributed by atoms with E-state index in [1.807, 2.05) is 6.92 Å². The number of ether oxygens (including phenoxy) is 1. The molecule has 4 heteroatoms. The first kappa shape index (κ1) is 17.3. The molecule has 108 valence electrons. The number of nitrogens with two attached hydrogens (primary N) is 2. The van der Waals surface area contributed by atoms with Crippen molar-refractivity contribution in [3.05, 3.63) is 11.9 Å². The van der Waals surface area contributed by atoms with Crippen LogP contribution in [0.25, 0.3) is 0 Å². The molecule has 4 N–H and O–H groups in total. The van der Waals surface area contributed by atoms with E-state index in [0.29, 0.717) is 0 Å². The molecule has 0 radical (unpaired) electrons. The van der Waals surface area contributed by atoms with E-state index in [-0.39, 0.29) is 0 Å². The van der Waals surface area contributed by atoms with Gasteiger partial charge in [-0.3, -0.25) is 0 Å². The van der Waals surface area contributed by atoms with Crippen LogP contribution in [0.4, 0.5) is 0 Å². The van der Waals surface area contributed by atoms with E-state index >= 15 is 0 Å². The molecule has 0 amide bonds. The van der Waals surface area contributed by atoms with Gasteiger partial charge in [-0.25, -0.2) is 5.84 Å². The van der Waals surface area contributed by atoms with Gasteiger partial charge in [0, 0.05) is 31.7 Å². The summed E-state index contributed by atoms with van der Waals surface area (Å²) in [5, 5.41) is 1.67. The van der Waals surface area contributed by atoms with Gasteiger partial charge in [-0.2, -0.15) is 0 Å². The Morgan fingerprint density at radius 1 is 1.06 bits per heavy atom. The molecule has 0 aromatic heterocycles. The molecule has 0 atom stereocenters. The van der Waals surface area contributed by atoms with Crippen LogP contribution in [0.1, 0.15) is 58.8 Å². The predicted molar refractivity (Wildman–Crippen MR) is 77.6 cm³/mol. The van der Waals surface area contributed by atoms with Crippen molar-refractivity contribution in [1.29, 1.82) is 0 Å². The lowest BCUT2D eigenvalue weighted by Gasteiger charge is -2.13. The van der Waals surface area contributed by atoms with Crippen LogP contribution in [0.15, 0.2) is 11.9 Å². The summed E-state index contributed by atoms with van der Waals surface area (Å²) in [4.78, 5) is 0. The average Bonchev–Trinajstić information content (AvgIpc) is 2.30. The van der Waals surface area contributed by atoms with Gasteiger partial charge in [0.15, 0.2) is 0 Å². The molecule has 0 bridgehead atoms. The molecule has 0 aromatic rings. The molecule has 0 aliphatic heterocycles. The van der Waals surface area contributed by atoms with Gasteiger partial charge in [-0.15, -0.1) is 0 Å². The molecule has 18 heavy (non-hydrogen) atoms. The van der Waals surface area contributed by atoms with Crippen LogP contribution < -0.4 is 11.6 Å².